The van der Waals surface area contributed by atoms with Crippen molar-refractivity contribution in [3.8, 4) is 11.5 Å². The average Bonchev–Trinajstić information content (AvgIpc) is 2.17. The van der Waals surface area contributed by atoms with Gasteiger partial charge < -0.3 is 15.6 Å². The molecule has 15 heavy (non-hydrogen) atoms. The minimum atomic E-state index is 0.0483. The first kappa shape index (κ1) is 11.9. The lowest BCUT2D eigenvalue weighted by Crippen LogP contribution is -1.94. The van der Waals surface area contributed by atoms with Crippen LogP contribution in [-0.2, 0) is 0 Å². The van der Waals surface area contributed by atoms with Crippen LogP contribution < -0.4 is 10.5 Å². The summed E-state index contributed by atoms with van der Waals surface area (Å²) in [5, 5.41) is 10.3. The smallest absolute Gasteiger partial charge is 0.179 e. The van der Waals surface area contributed by atoms with Crippen LogP contribution in [0, 0.1) is 6.92 Å². The Balaban J connectivity index is 3.32. The fraction of sp³-hybridized carbons (Fsp3) is 0.273. The lowest BCUT2D eigenvalue weighted by atomic mass is 10.1. The fourth-order valence-corrected chi connectivity index (χ4v) is 1.68. The van der Waals surface area contributed by atoms with Gasteiger partial charge in [-0.25, -0.2) is 0 Å². The van der Waals surface area contributed by atoms with Crippen molar-refractivity contribution in [2.75, 3.05) is 13.7 Å². The van der Waals surface area contributed by atoms with Crippen molar-refractivity contribution in [1.82, 2.24) is 0 Å². The summed E-state index contributed by atoms with van der Waals surface area (Å²) in [5.41, 5.74) is 6.91. The number of phenolic OH excluding ortho intramolecular Hbond substituents is 1. The van der Waals surface area contributed by atoms with E-state index in [1.54, 1.807) is 18.2 Å². The number of benzene rings is 1. The first-order valence-electron chi connectivity index (χ1n) is 4.54. The van der Waals surface area contributed by atoms with Gasteiger partial charge >= 0.3 is 0 Å². The van der Waals surface area contributed by atoms with Crippen molar-refractivity contribution in [3.05, 3.63) is 28.3 Å². The molecule has 82 valence electrons. The van der Waals surface area contributed by atoms with Crippen molar-refractivity contribution in [3.63, 3.8) is 0 Å². The van der Waals surface area contributed by atoms with Gasteiger partial charge in [-0.15, -0.1) is 0 Å². The number of aromatic hydroxyl groups is 1. The second-order valence-electron chi connectivity index (χ2n) is 3.11. The second kappa shape index (κ2) is 5.05. The maximum Gasteiger partial charge on any atom is 0.179 e. The molecule has 0 amide bonds. The van der Waals surface area contributed by atoms with E-state index in [4.69, 9.17) is 22.1 Å². The highest BCUT2D eigenvalue weighted by atomic mass is 35.5. The molecule has 4 heteroatoms. The van der Waals surface area contributed by atoms with Crippen LogP contribution in [0.1, 0.15) is 11.1 Å². The lowest BCUT2D eigenvalue weighted by Gasteiger charge is -2.10. The molecular weight excluding hydrogens is 214 g/mol. The molecule has 0 aliphatic carbocycles. The third kappa shape index (κ3) is 2.43. The Labute approximate surface area is 94.1 Å². The molecule has 0 fully saturated rings. The predicted molar refractivity (Wildman–Crippen MR) is 62.5 cm³/mol. The first-order chi connectivity index (χ1) is 7.11. The average molecular weight is 228 g/mol. The molecule has 0 bridgehead atoms. The van der Waals surface area contributed by atoms with E-state index in [0.29, 0.717) is 22.9 Å². The van der Waals surface area contributed by atoms with Gasteiger partial charge in [0.2, 0.25) is 0 Å². The number of hydrogen-bond donors (Lipinski definition) is 2. The van der Waals surface area contributed by atoms with Crippen molar-refractivity contribution < 1.29 is 9.84 Å². The zero-order chi connectivity index (χ0) is 11.4. The quantitative estimate of drug-likeness (QED) is 0.834. The Kier molecular flexibility index (Phi) is 4.00. The van der Waals surface area contributed by atoms with E-state index in [9.17, 15) is 5.11 Å². The maximum absolute atomic E-state index is 9.88. The van der Waals surface area contributed by atoms with Gasteiger partial charge in [0.1, 0.15) is 0 Å². The van der Waals surface area contributed by atoms with Gasteiger partial charge in [-0.05, 0) is 18.6 Å². The number of halogens is 1. The molecule has 0 unspecified atom stereocenters. The first-order valence-corrected chi connectivity index (χ1v) is 4.92. The topological polar surface area (TPSA) is 55.5 Å². The monoisotopic (exact) mass is 227 g/mol. The lowest BCUT2D eigenvalue weighted by molar-refractivity contribution is 0.373. The summed E-state index contributed by atoms with van der Waals surface area (Å²) in [4.78, 5) is 0. The highest BCUT2D eigenvalue weighted by Crippen LogP contribution is 2.39. The highest BCUT2D eigenvalue weighted by molar-refractivity contribution is 6.32. The molecule has 0 saturated heterocycles. The molecule has 3 N–H and O–H groups in total. The third-order valence-corrected chi connectivity index (χ3v) is 2.36. The number of phenols is 1. The van der Waals surface area contributed by atoms with Crippen molar-refractivity contribution in [2.45, 2.75) is 6.92 Å². The Hall–Kier alpha value is -1.19. The van der Waals surface area contributed by atoms with E-state index in [-0.39, 0.29) is 5.75 Å². The molecule has 3 nitrogen and oxygen atoms in total. The summed E-state index contributed by atoms with van der Waals surface area (Å²) in [6, 6.07) is 1.75. The van der Waals surface area contributed by atoms with Crippen molar-refractivity contribution in [1.29, 1.82) is 0 Å². The summed E-state index contributed by atoms with van der Waals surface area (Å²) in [6.07, 6.45) is 3.51. The van der Waals surface area contributed by atoms with Gasteiger partial charge in [-0.1, -0.05) is 23.8 Å². The van der Waals surface area contributed by atoms with E-state index < -0.39 is 0 Å². The van der Waals surface area contributed by atoms with Gasteiger partial charge in [0, 0.05) is 12.1 Å². The molecule has 1 rings (SSSR count). The minimum Gasteiger partial charge on any atom is -0.504 e. The van der Waals surface area contributed by atoms with Crippen molar-refractivity contribution in [2.24, 2.45) is 5.73 Å². The maximum atomic E-state index is 9.88. The Morgan fingerprint density at radius 1 is 1.60 bits per heavy atom. The van der Waals surface area contributed by atoms with Gasteiger partial charge in [0.05, 0.1) is 12.1 Å². The van der Waals surface area contributed by atoms with Gasteiger partial charge in [-0.2, -0.15) is 0 Å². The Morgan fingerprint density at radius 3 is 2.80 bits per heavy atom. The number of aryl methyl sites for hydroxylation is 1. The molecule has 0 aliphatic rings. The Bertz CT molecular complexity index is 389. The SMILES string of the molecule is COc1c(Cl)cc(C)c(/C=C/CN)c1O. The molecule has 0 saturated carbocycles. The van der Waals surface area contributed by atoms with E-state index in [0.717, 1.165) is 5.56 Å². The third-order valence-electron chi connectivity index (χ3n) is 2.08. The van der Waals surface area contributed by atoms with Crippen LogP contribution in [0.4, 0.5) is 0 Å². The normalized spacial score (nSPS) is 10.9. The van der Waals surface area contributed by atoms with Crippen LogP contribution in [0.2, 0.25) is 5.02 Å². The predicted octanol–water partition coefficient (Wildman–Crippen LogP) is 2.33. The number of nitrogens with two attached hydrogens (primary N) is 1. The largest absolute Gasteiger partial charge is 0.504 e. The van der Waals surface area contributed by atoms with Crippen LogP contribution in [0.5, 0.6) is 11.5 Å². The van der Waals surface area contributed by atoms with Crippen LogP contribution in [-0.4, -0.2) is 18.8 Å². The van der Waals surface area contributed by atoms with Crippen LogP contribution in [0.3, 0.4) is 0 Å². The molecular formula is C11H14ClNO2. The second-order valence-corrected chi connectivity index (χ2v) is 3.52. The summed E-state index contributed by atoms with van der Waals surface area (Å²) in [7, 11) is 1.46. The van der Waals surface area contributed by atoms with E-state index in [1.807, 2.05) is 6.92 Å². The van der Waals surface area contributed by atoms with Gasteiger partial charge in [-0.3, -0.25) is 0 Å². The number of methoxy groups -OCH3 is 1. The zero-order valence-electron chi connectivity index (χ0n) is 8.75. The summed E-state index contributed by atoms with van der Waals surface area (Å²) >= 11 is 5.91. The minimum absolute atomic E-state index is 0.0483. The summed E-state index contributed by atoms with van der Waals surface area (Å²) in [5.74, 6) is 0.339. The molecule has 1 aromatic carbocycles. The van der Waals surface area contributed by atoms with Gasteiger partial charge in [0.15, 0.2) is 11.5 Å². The number of hydrogen-bond acceptors (Lipinski definition) is 3. The highest BCUT2D eigenvalue weighted by Gasteiger charge is 2.13. The zero-order valence-corrected chi connectivity index (χ0v) is 9.51. The fourth-order valence-electron chi connectivity index (χ4n) is 1.35. The Morgan fingerprint density at radius 2 is 2.27 bits per heavy atom. The summed E-state index contributed by atoms with van der Waals surface area (Å²) in [6.45, 7) is 2.28. The van der Waals surface area contributed by atoms with Crippen LogP contribution >= 0.6 is 11.6 Å². The standard InChI is InChI=1S/C11H14ClNO2/c1-7-6-9(12)11(15-2)10(14)8(7)4-3-5-13/h3-4,6,14H,5,13H2,1-2H3/b4-3+. The molecule has 0 spiro atoms. The van der Waals surface area contributed by atoms with Gasteiger partial charge in [0.25, 0.3) is 0 Å². The molecule has 0 heterocycles. The van der Waals surface area contributed by atoms with E-state index in [1.165, 1.54) is 7.11 Å². The van der Waals surface area contributed by atoms with E-state index >= 15 is 0 Å². The van der Waals surface area contributed by atoms with Crippen molar-refractivity contribution >= 4 is 17.7 Å². The number of ether oxygens (including phenoxy) is 1. The van der Waals surface area contributed by atoms with Crippen LogP contribution in [0.15, 0.2) is 12.1 Å². The molecule has 1 aromatic rings. The molecule has 0 atom stereocenters. The molecule has 0 radical (unpaired) electrons. The number of rotatable bonds is 3. The summed E-state index contributed by atoms with van der Waals surface area (Å²) < 4.78 is 5.00. The molecule has 0 aliphatic heterocycles. The van der Waals surface area contributed by atoms with Crippen LogP contribution in [0.25, 0.3) is 6.08 Å². The van der Waals surface area contributed by atoms with E-state index in [2.05, 4.69) is 0 Å². The molecule has 0 aromatic heterocycles.